The van der Waals surface area contributed by atoms with Crippen molar-refractivity contribution in [3.8, 4) is 0 Å². The number of benzene rings is 2. The van der Waals surface area contributed by atoms with E-state index in [9.17, 15) is 9.59 Å². The minimum atomic E-state index is -0.204. The van der Waals surface area contributed by atoms with Gasteiger partial charge in [-0.1, -0.05) is 34.1 Å². The zero-order valence-electron chi connectivity index (χ0n) is 13.5. The van der Waals surface area contributed by atoms with Gasteiger partial charge >= 0.3 is 0 Å². The monoisotopic (exact) mass is 397 g/mol. The lowest BCUT2D eigenvalue weighted by Crippen LogP contribution is -2.39. The number of amides is 1. The van der Waals surface area contributed by atoms with Crippen molar-refractivity contribution in [2.24, 2.45) is 0 Å². The van der Waals surface area contributed by atoms with Gasteiger partial charge in [0.15, 0.2) is 0 Å². The molecule has 0 radical (unpaired) electrons. The lowest BCUT2D eigenvalue weighted by Gasteiger charge is -2.29. The van der Waals surface area contributed by atoms with Crippen molar-refractivity contribution in [1.82, 2.24) is 9.55 Å². The fourth-order valence-electron chi connectivity index (χ4n) is 3.27. The predicted molar refractivity (Wildman–Crippen MR) is 101 cm³/mol. The summed E-state index contributed by atoms with van der Waals surface area (Å²) in [4.78, 5) is 31.6. The van der Waals surface area contributed by atoms with Gasteiger partial charge in [-0.3, -0.25) is 14.2 Å². The Bertz CT molecular complexity index is 1030. The van der Waals surface area contributed by atoms with E-state index in [2.05, 4.69) is 27.0 Å². The second-order valence-corrected chi connectivity index (χ2v) is 7.03. The maximum atomic E-state index is 12.8. The highest BCUT2D eigenvalue weighted by Crippen LogP contribution is 2.26. The molecule has 0 spiro atoms. The van der Waals surface area contributed by atoms with Gasteiger partial charge in [0.1, 0.15) is 6.54 Å². The largest absolute Gasteiger partial charge is 0.311 e. The van der Waals surface area contributed by atoms with Gasteiger partial charge in [-0.2, -0.15) is 0 Å². The molecule has 0 saturated heterocycles. The summed E-state index contributed by atoms with van der Waals surface area (Å²) >= 11 is 3.37. The Morgan fingerprint density at radius 2 is 2.04 bits per heavy atom. The molecule has 0 atom stereocenters. The van der Waals surface area contributed by atoms with Gasteiger partial charge in [-0.05, 0) is 42.7 Å². The number of aryl methyl sites for hydroxylation is 1. The Labute approximate surface area is 153 Å². The summed E-state index contributed by atoms with van der Waals surface area (Å²) in [5, 5.41) is 0.503. The third-order valence-electron chi connectivity index (χ3n) is 4.50. The number of nitrogens with zero attached hydrogens (tertiary/aromatic N) is 3. The lowest BCUT2D eigenvalue weighted by atomic mass is 10.0. The van der Waals surface area contributed by atoms with Crippen LogP contribution in [0.25, 0.3) is 10.9 Å². The number of hydrogen-bond acceptors (Lipinski definition) is 3. The SMILES string of the molecule is O=C(Cn1cnc2ccc(Br)cc2c1=O)N1CCCc2ccccc21. The summed E-state index contributed by atoms with van der Waals surface area (Å²) in [6.45, 7) is 0.666. The van der Waals surface area contributed by atoms with E-state index in [4.69, 9.17) is 0 Å². The molecule has 5 nitrogen and oxygen atoms in total. The predicted octanol–water partition coefficient (Wildman–Crippen LogP) is 3.14. The molecule has 3 aromatic rings. The van der Waals surface area contributed by atoms with Crippen LogP contribution >= 0.6 is 15.9 Å². The van der Waals surface area contributed by atoms with Gasteiger partial charge in [0, 0.05) is 16.7 Å². The average Bonchev–Trinajstić information content (AvgIpc) is 2.64. The molecule has 1 amide bonds. The Balaban J connectivity index is 1.67. The maximum Gasteiger partial charge on any atom is 0.261 e. The minimum Gasteiger partial charge on any atom is -0.311 e. The summed E-state index contributed by atoms with van der Waals surface area (Å²) in [5.74, 6) is -0.0922. The molecule has 4 rings (SSSR count). The Morgan fingerprint density at radius 3 is 2.92 bits per heavy atom. The fraction of sp³-hybridized carbons (Fsp3) is 0.211. The van der Waals surface area contributed by atoms with E-state index in [1.807, 2.05) is 24.3 Å². The van der Waals surface area contributed by atoms with E-state index in [0.29, 0.717) is 17.4 Å². The number of fused-ring (bicyclic) bond motifs is 2. The van der Waals surface area contributed by atoms with Crippen molar-refractivity contribution < 1.29 is 4.79 Å². The van der Waals surface area contributed by atoms with E-state index < -0.39 is 0 Å². The van der Waals surface area contributed by atoms with Crippen molar-refractivity contribution in [3.63, 3.8) is 0 Å². The number of anilines is 1. The quantitative estimate of drug-likeness (QED) is 0.667. The third kappa shape index (κ3) is 2.98. The van der Waals surface area contributed by atoms with Crippen LogP contribution in [0.3, 0.4) is 0 Å². The molecule has 1 aliphatic rings. The van der Waals surface area contributed by atoms with E-state index in [1.54, 1.807) is 17.0 Å². The number of para-hydroxylation sites is 1. The highest BCUT2D eigenvalue weighted by Gasteiger charge is 2.22. The van der Waals surface area contributed by atoms with Crippen LogP contribution in [0.1, 0.15) is 12.0 Å². The number of carbonyl (C=O) groups excluding carboxylic acids is 1. The summed E-state index contributed by atoms with van der Waals surface area (Å²) in [5.41, 5.74) is 2.54. The van der Waals surface area contributed by atoms with Gasteiger partial charge in [0.25, 0.3) is 5.56 Å². The molecule has 126 valence electrons. The Morgan fingerprint density at radius 1 is 1.20 bits per heavy atom. The van der Waals surface area contributed by atoms with Crippen molar-refractivity contribution in [3.05, 3.63) is 69.2 Å². The fourth-order valence-corrected chi connectivity index (χ4v) is 3.63. The van der Waals surface area contributed by atoms with Gasteiger partial charge in [-0.15, -0.1) is 0 Å². The second-order valence-electron chi connectivity index (χ2n) is 6.12. The molecule has 0 bridgehead atoms. The molecule has 0 unspecified atom stereocenters. The standard InChI is InChI=1S/C19H16BrN3O2/c20-14-7-8-16-15(10-14)19(25)22(12-21-16)11-18(24)23-9-3-5-13-4-1-2-6-17(13)23/h1-2,4,6-8,10,12H,3,5,9,11H2. The van der Waals surface area contributed by atoms with Crippen LogP contribution in [0.5, 0.6) is 0 Å². The molecule has 1 aliphatic heterocycles. The lowest BCUT2D eigenvalue weighted by molar-refractivity contribution is -0.119. The molecule has 0 N–H and O–H groups in total. The smallest absolute Gasteiger partial charge is 0.261 e. The molecule has 25 heavy (non-hydrogen) atoms. The molecular formula is C19H16BrN3O2. The number of halogens is 1. The minimum absolute atomic E-state index is 0.0113. The summed E-state index contributed by atoms with van der Waals surface area (Å²) in [6, 6.07) is 13.3. The van der Waals surface area contributed by atoms with Crippen molar-refractivity contribution in [1.29, 1.82) is 0 Å². The first-order valence-corrected chi connectivity index (χ1v) is 8.96. The van der Waals surface area contributed by atoms with Gasteiger partial charge < -0.3 is 4.90 Å². The van der Waals surface area contributed by atoms with Gasteiger partial charge in [0.05, 0.1) is 17.2 Å². The molecule has 0 fully saturated rings. The van der Waals surface area contributed by atoms with Crippen LogP contribution in [0, 0.1) is 0 Å². The molecular weight excluding hydrogens is 382 g/mol. The second kappa shape index (κ2) is 6.44. The topological polar surface area (TPSA) is 55.2 Å². The van der Waals surface area contributed by atoms with Crippen LogP contribution in [0.4, 0.5) is 5.69 Å². The van der Waals surface area contributed by atoms with Crippen molar-refractivity contribution in [2.45, 2.75) is 19.4 Å². The van der Waals surface area contributed by atoms with Crippen LogP contribution in [-0.4, -0.2) is 22.0 Å². The normalized spacial score (nSPS) is 13.7. The number of hydrogen-bond donors (Lipinski definition) is 0. The average molecular weight is 398 g/mol. The zero-order chi connectivity index (χ0) is 17.4. The summed E-state index contributed by atoms with van der Waals surface area (Å²) < 4.78 is 2.20. The molecule has 0 saturated carbocycles. The van der Waals surface area contributed by atoms with Crippen LogP contribution in [-0.2, 0) is 17.8 Å². The van der Waals surface area contributed by atoms with Gasteiger partial charge in [0.2, 0.25) is 5.91 Å². The van der Waals surface area contributed by atoms with E-state index in [-0.39, 0.29) is 18.0 Å². The first kappa shape index (κ1) is 16.0. The van der Waals surface area contributed by atoms with Crippen LogP contribution in [0.15, 0.2) is 58.1 Å². The highest BCUT2D eigenvalue weighted by atomic mass is 79.9. The number of aromatic nitrogens is 2. The van der Waals surface area contributed by atoms with E-state index in [1.165, 1.54) is 16.5 Å². The van der Waals surface area contributed by atoms with Crippen molar-refractivity contribution >= 4 is 38.4 Å². The third-order valence-corrected chi connectivity index (χ3v) is 5.00. The first-order chi connectivity index (χ1) is 12.1. The molecule has 1 aromatic heterocycles. The maximum absolute atomic E-state index is 12.8. The zero-order valence-corrected chi connectivity index (χ0v) is 15.1. The Kier molecular flexibility index (Phi) is 4.13. The van der Waals surface area contributed by atoms with E-state index in [0.717, 1.165) is 23.0 Å². The summed E-state index contributed by atoms with van der Waals surface area (Å²) in [6.07, 6.45) is 3.36. The molecule has 0 aliphatic carbocycles. The summed E-state index contributed by atoms with van der Waals surface area (Å²) in [7, 11) is 0. The molecule has 6 heteroatoms. The van der Waals surface area contributed by atoms with Gasteiger partial charge in [-0.25, -0.2) is 4.98 Å². The number of rotatable bonds is 2. The number of carbonyl (C=O) groups is 1. The van der Waals surface area contributed by atoms with Crippen LogP contribution in [0.2, 0.25) is 0 Å². The molecule has 2 aromatic carbocycles. The first-order valence-electron chi connectivity index (χ1n) is 8.16. The Hall–Kier alpha value is -2.47. The molecule has 2 heterocycles. The highest BCUT2D eigenvalue weighted by molar-refractivity contribution is 9.10. The van der Waals surface area contributed by atoms with Crippen molar-refractivity contribution in [2.75, 3.05) is 11.4 Å². The van der Waals surface area contributed by atoms with Crippen LogP contribution < -0.4 is 10.5 Å². The van der Waals surface area contributed by atoms with E-state index >= 15 is 0 Å².